The van der Waals surface area contributed by atoms with Crippen LogP contribution in [-0.4, -0.2) is 21.0 Å². The first-order chi connectivity index (χ1) is 7.22. The highest BCUT2D eigenvalue weighted by atomic mass is 16.4. The molecule has 1 heterocycles. The molecule has 0 aliphatic carbocycles. The number of hydrogen-bond donors (Lipinski definition) is 1. The lowest BCUT2D eigenvalue weighted by Crippen LogP contribution is -2.06. The zero-order valence-corrected chi connectivity index (χ0v) is 8.27. The van der Waals surface area contributed by atoms with Crippen LogP contribution in [0.3, 0.4) is 0 Å². The first-order valence-corrected chi connectivity index (χ1v) is 4.71. The predicted octanol–water partition coefficient (Wildman–Crippen LogP) is 1.89. The van der Waals surface area contributed by atoms with Crippen LogP contribution in [0, 0.1) is 0 Å². The van der Waals surface area contributed by atoms with E-state index in [1.54, 1.807) is 18.2 Å². The Balaban J connectivity index is 2.80. The quantitative estimate of drug-likeness (QED) is 0.807. The van der Waals surface area contributed by atoms with Crippen molar-refractivity contribution in [2.45, 2.75) is 13.3 Å². The van der Waals surface area contributed by atoms with Crippen molar-refractivity contribution in [1.82, 2.24) is 9.97 Å². The first-order valence-electron chi connectivity index (χ1n) is 4.71. The molecule has 4 heteroatoms. The smallest absolute Gasteiger partial charge is 0.355 e. The van der Waals surface area contributed by atoms with Crippen LogP contribution in [0.1, 0.15) is 23.2 Å². The summed E-state index contributed by atoms with van der Waals surface area (Å²) in [4.78, 5) is 19.3. The van der Waals surface area contributed by atoms with Gasteiger partial charge in [0.25, 0.3) is 0 Å². The van der Waals surface area contributed by atoms with Gasteiger partial charge >= 0.3 is 5.97 Å². The van der Waals surface area contributed by atoms with E-state index in [0.717, 1.165) is 0 Å². The van der Waals surface area contributed by atoms with Gasteiger partial charge in [-0.15, -0.1) is 0 Å². The summed E-state index contributed by atoms with van der Waals surface area (Å²) in [5.41, 5.74) is 0.763. The summed E-state index contributed by atoms with van der Waals surface area (Å²) < 4.78 is 0. The van der Waals surface area contributed by atoms with E-state index >= 15 is 0 Å². The van der Waals surface area contributed by atoms with Crippen molar-refractivity contribution < 1.29 is 9.90 Å². The Bertz CT molecular complexity index is 523. The number of benzene rings is 1. The van der Waals surface area contributed by atoms with E-state index in [4.69, 9.17) is 5.11 Å². The fourth-order valence-corrected chi connectivity index (χ4v) is 1.45. The maximum absolute atomic E-state index is 11.0. The van der Waals surface area contributed by atoms with Crippen molar-refractivity contribution >= 4 is 16.9 Å². The number of aryl methyl sites for hydroxylation is 1. The molecule has 0 amide bonds. The van der Waals surface area contributed by atoms with Crippen LogP contribution >= 0.6 is 0 Å². The van der Waals surface area contributed by atoms with Crippen molar-refractivity contribution in [3.8, 4) is 0 Å². The Hall–Kier alpha value is -1.97. The summed E-state index contributed by atoms with van der Waals surface area (Å²) in [6.07, 6.45) is 0.630. The highest BCUT2D eigenvalue weighted by molar-refractivity contribution is 6.00. The van der Waals surface area contributed by atoms with Crippen LogP contribution < -0.4 is 0 Å². The molecule has 15 heavy (non-hydrogen) atoms. The molecular formula is C11H10N2O2. The van der Waals surface area contributed by atoms with Crippen molar-refractivity contribution in [3.05, 3.63) is 35.8 Å². The first kappa shape index (κ1) is 9.58. The highest BCUT2D eigenvalue weighted by Crippen LogP contribution is 2.15. The number of hydrogen-bond acceptors (Lipinski definition) is 3. The third-order valence-corrected chi connectivity index (χ3v) is 2.17. The van der Waals surface area contributed by atoms with E-state index in [1.807, 2.05) is 13.0 Å². The minimum atomic E-state index is -1.01. The largest absolute Gasteiger partial charge is 0.476 e. The molecule has 0 aliphatic heterocycles. The van der Waals surface area contributed by atoms with E-state index in [1.165, 1.54) is 0 Å². The molecule has 0 fully saturated rings. The summed E-state index contributed by atoms with van der Waals surface area (Å²) >= 11 is 0. The monoisotopic (exact) mass is 202 g/mol. The molecule has 0 radical (unpaired) electrons. The summed E-state index contributed by atoms with van der Waals surface area (Å²) in [5, 5.41) is 9.60. The van der Waals surface area contributed by atoms with Crippen molar-refractivity contribution in [2.75, 3.05) is 0 Å². The zero-order chi connectivity index (χ0) is 10.8. The number of carboxylic acids is 1. The van der Waals surface area contributed by atoms with Gasteiger partial charge in [-0.1, -0.05) is 25.1 Å². The van der Waals surface area contributed by atoms with E-state index in [-0.39, 0.29) is 5.69 Å². The van der Waals surface area contributed by atoms with Gasteiger partial charge in [0.05, 0.1) is 5.52 Å². The Labute approximate surface area is 86.6 Å². The maximum atomic E-state index is 11.0. The van der Waals surface area contributed by atoms with Crippen LogP contribution in [0.5, 0.6) is 0 Å². The molecule has 0 bridgehead atoms. The number of fused-ring (bicyclic) bond motifs is 1. The second-order valence-corrected chi connectivity index (χ2v) is 3.16. The number of carbonyl (C=O) groups is 1. The molecule has 0 spiro atoms. The molecule has 4 nitrogen and oxygen atoms in total. The molecule has 0 saturated heterocycles. The molecule has 76 valence electrons. The van der Waals surface area contributed by atoms with Crippen LogP contribution in [0.25, 0.3) is 10.9 Å². The minimum absolute atomic E-state index is 0.0810. The van der Waals surface area contributed by atoms with Crippen LogP contribution in [-0.2, 0) is 6.42 Å². The van der Waals surface area contributed by atoms with Gasteiger partial charge in [-0.05, 0) is 6.07 Å². The highest BCUT2D eigenvalue weighted by Gasteiger charge is 2.12. The lowest BCUT2D eigenvalue weighted by Gasteiger charge is -2.03. The zero-order valence-electron chi connectivity index (χ0n) is 8.27. The van der Waals surface area contributed by atoms with Gasteiger partial charge in [-0.3, -0.25) is 0 Å². The van der Waals surface area contributed by atoms with Gasteiger partial charge in [0.2, 0.25) is 0 Å². The number of carboxylic acid groups (broad SMARTS) is 1. The van der Waals surface area contributed by atoms with Gasteiger partial charge in [-0.25, -0.2) is 14.8 Å². The summed E-state index contributed by atoms with van der Waals surface area (Å²) in [7, 11) is 0. The topological polar surface area (TPSA) is 63.1 Å². The summed E-state index contributed by atoms with van der Waals surface area (Å²) in [6.45, 7) is 1.90. The molecule has 0 unspecified atom stereocenters. The predicted molar refractivity (Wildman–Crippen MR) is 55.9 cm³/mol. The SMILES string of the molecule is CCc1nc(C(=O)O)c2ccccc2n1. The molecule has 0 saturated carbocycles. The molecule has 1 N–H and O–H groups in total. The number of nitrogens with zero attached hydrogens (tertiary/aromatic N) is 2. The third kappa shape index (κ3) is 1.66. The molecule has 0 atom stereocenters. The minimum Gasteiger partial charge on any atom is -0.476 e. The average Bonchev–Trinajstić information content (AvgIpc) is 2.27. The molecule has 2 rings (SSSR count). The van der Waals surface area contributed by atoms with Gasteiger partial charge < -0.3 is 5.11 Å². The van der Waals surface area contributed by atoms with E-state index < -0.39 is 5.97 Å². The number of aromatic carboxylic acids is 1. The third-order valence-electron chi connectivity index (χ3n) is 2.17. The fraction of sp³-hybridized carbons (Fsp3) is 0.182. The number of aromatic nitrogens is 2. The molecule has 2 aromatic rings. The van der Waals surface area contributed by atoms with Crippen molar-refractivity contribution in [3.63, 3.8) is 0 Å². The van der Waals surface area contributed by atoms with Crippen LogP contribution in [0.2, 0.25) is 0 Å². The maximum Gasteiger partial charge on any atom is 0.355 e. The molecule has 0 aliphatic rings. The second-order valence-electron chi connectivity index (χ2n) is 3.16. The second kappa shape index (κ2) is 3.65. The summed E-state index contributed by atoms with van der Waals surface area (Å²) in [5.74, 6) is -0.450. The fourth-order valence-electron chi connectivity index (χ4n) is 1.45. The van der Waals surface area contributed by atoms with Gasteiger partial charge in [-0.2, -0.15) is 0 Å². The lowest BCUT2D eigenvalue weighted by molar-refractivity contribution is 0.0692. The molecular weight excluding hydrogens is 192 g/mol. The average molecular weight is 202 g/mol. The van der Waals surface area contributed by atoms with Crippen LogP contribution in [0.15, 0.2) is 24.3 Å². The Kier molecular flexibility index (Phi) is 2.33. The van der Waals surface area contributed by atoms with Gasteiger partial charge in [0.1, 0.15) is 5.82 Å². The summed E-state index contributed by atoms with van der Waals surface area (Å²) in [6, 6.07) is 7.13. The Morgan fingerprint density at radius 1 is 1.33 bits per heavy atom. The standard InChI is InChI=1S/C11H10N2O2/c1-2-9-12-8-6-4-3-5-7(8)10(13-9)11(14)15/h3-6H,2H2,1H3,(H,14,15). The van der Waals surface area contributed by atoms with Crippen LogP contribution in [0.4, 0.5) is 0 Å². The van der Waals surface area contributed by atoms with E-state index in [9.17, 15) is 4.79 Å². The van der Waals surface area contributed by atoms with E-state index in [0.29, 0.717) is 23.1 Å². The van der Waals surface area contributed by atoms with Gasteiger partial charge in [0.15, 0.2) is 5.69 Å². The number of rotatable bonds is 2. The lowest BCUT2D eigenvalue weighted by atomic mass is 10.2. The Morgan fingerprint density at radius 2 is 2.07 bits per heavy atom. The van der Waals surface area contributed by atoms with E-state index in [2.05, 4.69) is 9.97 Å². The van der Waals surface area contributed by atoms with Crippen molar-refractivity contribution in [2.24, 2.45) is 0 Å². The number of para-hydroxylation sites is 1. The normalized spacial score (nSPS) is 10.5. The molecule has 1 aromatic heterocycles. The Morgan fingerprint density at radius 3 is 2.73 bits per heavy atom. The molecule has 1 aromatic carbocycles. The van der Waals surface area contributed by atoms with Crippen molar-refractivity contribution in [1.29, 1.82) is 0 Å². The van der Waals surface area contributed by atoms with Gasteiger partial charge in [0, 0.05) is 11.8 Å².